The average Bonchev–Trinajstić information content (AvgIpc) is 2.71. The predicted octanol–water partition coefficient (Wildman–Crippen LogP) is 4.12. The molecular weight excluding hydrogens is 342 g/mol. The lowest BCUT2D eigenvalue weighted by Crippen LogP contribution is -2.32. The van der Waals surface area contributed by atoms with Crippen LogP contribution < -0.4 is 19.7 Å². The summed E-state index contributed by atoms with van der Waals surface area (Å²) >= 11 is 0. The minimum atomic E-state index is -0.196. The Hall–Kier alpha value is -2.76. The number of nitrogens with zero attached hydrogens (tertiary/aromatic N) is 2. The van der Waals surface area contributed by atoms with E-state index in [2.05, 4.69) is 15.2 Å². The Morgan fingerprint density at radius 2 is 1.89 bits per heavy atom. The fraction of sp³-hybridized carbons (Fsp3) is 0.429. The van der Waals surface area contributed by atoms with Gasteiger partial charge in [0.25, 0.3) is 5.91 Å². The topological polar surface area (TPSA) is 63.7 Å². The minimum absolute atomic E-state index is 0.196. The largest absolute Gasteiger partial charge is 0.494 e. The Labute approximate surface area is 160 Å². The second-order valence-corrected chi connectivity index (χ2v) is 6.40. The van der Waals surface area contributed by atoms with E-state index >= 15 is 0 Å². The Morgan fingerprint density at radius 3 is 2.63 bits per heavy atom. The van der Waals surface area contributed by atoms with Crippen LogP contribution in [0.4, 0.5) is 11.5 Å². The molecule has 2 aromatic rings. The summed E-state index contributed by atoms with van der Waals surface area (Å²) in [6.07, 6.45) is 5.22. The van der Waals surface area contributed by atoms with Gasteiger partial charge in [-0.1, -0.05) is 0 Å². The number of nitrogens with one attached hydrogen (secondary N) is 1. The van der Waals surface area contributed by atoms with E-state index in [1.165, 1.54) is 6.42 Å². The van der Waals surface area contributed by atoms with Gasteiger partial charge >= 0.3 is 0 Å². The number of hydrogen-bond donors (Lipinski definition) is 1. The number of hydrogen-bond acceptors (Lipinski definition) is 5. The molecule has 6 nitrogen and oxygen atoms in total. The maximum absolute atomic E-state index is 13.0. The summed E-state index contributed by atoms with van der Waals surface area (Å²) in [4.78, 5) is 19.7. The van der Waals surface area contributed by atoms with Crippen LogP contribution in [0.15, 0.2) is 36.5 Å². The summed E-state index contributed by atoms with van der Waals surface area (Å²) in [5.74, 6) is 1.86. The van der Waals surface area contributed by atoms with E-state index < -0.39 is 0 Å². The number of carbonyl (C=O) groups excluding carboxylic acids is 1. The zero-order valence-corrected chi connectivity index (χ0v) is 16.0. The van der Waals surface area contributed by atoms with Crippen LogP contribution in [0.3, 0.4) is 0 Å². The standard InChI is InChI=1S/C21H27N3O3/c1-3-26-16-10-11-19(27-4-2)18(15-16)23-21(25)17-9-8-12-22-20(17)24-13-6-5-7-14-24/h8-12,15H,3-7,13-14H2,1-2H3,(H,23,25). The van der Waals surface area contributed by atoms with Gasteiger partial charge in [0.1, 0.15) is 17.3 Å². The van der Waals surface area contributed by atoms with Gasteiger partial charge in [0.15, 0.2) is 0 Å². The minimum Gasteiger partial charge on any atom is -0.494 e. The van der Waals surface area contributed by atoms with E-state index in [1.807, 2.05) is 32.0 Å². The van der Waals surface area contributed by atoms with Crippen LogP contribution in [0.5, 0.6) is 11.5 Å². The maximum Gasteiger partial charge on any atom is 0.259 e. The molecule has 1 fully saturated rings. The highest BCUT2D eigenvalue weighted by Gasteiger charge is 2.20. The number of rotatable bonds is 7. The van der Waals surface area contributed by atoms with E-state index in [0.717, 1.165) is 31.7 Å². The molecule has 0 radical (unpaired) electrons. The molecule has 0 atom stereocenters. The molecule has 3 rings (SSSR count). The van der Waals surface area contributed by atoms with Crippen LogP contribution >= 0.6 is 0 Å². The van der Waals surface area contributed by atoms with Crippen molar-refractivity contribution in [3.63, 3.8) is 0 Å². The molecule has 2 heterocycles. The van der Waals surface area contributed by atoms with Gasteiger partial charge in [-0.3, -0.25) is 4.79 Å². The molecule has 1 aromatic heterocycles. The van der Waals surface area contributed by atoms with Gasteiger partial charge in [0.2, 0.25) is 0 Å². The SMILES string of the molecule is CCOc1ccc(OCC)c(NC(=O)c2cccnc2N2CCCCC2)c1. The first-order valence-corrected chi connectivity index (χ1v) is 9.64. The Balaban J connectivity index is 1.86. The number of aromatic nitrogens is 1. The zero-order chi connectivity index (χ0) is 19.1. The molecule has 1 amide bonds. The summed E-state index contributed by atoms with van der Waals surface area (Å²) in [6.45, 7) is 6.78. The molecule has 27 heavy (non-hydrogen) atoms. The molecule has 1 aromatic carbocycles. The number of anilines is 2. The van der Waals surface area contributed by atoms with Gasteiger partial charge < -0.3 is 19.7 Å². The van der Waals surface area contributed by atoms with E-state index in [1.54, 1.807) is 18.3 Å². The van der Waals surface area contributed by atoms with Crippen molar-refractivity contribution in [3.8, 4) is 11.5 Å². The van der Waals surface area contributed by atoms with Gasteiger partial charge in [0.05, 0.1) is 24.5 Å². The molecule has 1 N–H and O–H groups in total. The number of pyridine rings is 1. The van der Waals surface area contributed by atoms with Gasteiger partial charge in [-0.05, 0) is 57.4 Å². The van der Waals surface area contributed by atoms with Crippen LogP contribution in [0.25, 0.3) is 0 Å². The van der Waals surface area contributed by atoms with Gasteiger partial charge in [-0.25, -0.2) is 4.98 Å². The van der Waals surface area contributed by atoms with Crippen LogP contribution in [0.2, 0.25) is 0 Å². The first-order valence-electron chi connectivity index (χ1n) is 9.64. The van der Waals surface area contributed by atoms with Crippen molar-refractivity contribution in [2.45, 2.75) is 33.1 Å². The van der Waals surface area contributed by atoms with Crippen LogP contribution in [-0.4, -0.2) is 37.2 Å². The van der Waals surface area contributed by atoms with E-state index in [9.17, 15) is 4.79 Å². The van der Waals surface area contributed by atoms with Crippen molar-refractivity contribution in [1.82, 2.24) is 4.98 Å². The quantitative estimate of drug-likeness (QED) is 0.795. The number of piperidine rings is 1. The van der Waals surface area contributed by atoms with Gasteiger partial charge in [0, 0.05) is 25.4 Å². The van der Waals surface area contributed by atoms with E-state index in [-0.39, 0.29) is 5.91 Å². The van der Waals surface area contributed by atoms with Crippen molar-refractivity contribution in [1.29, 1.82) is 0 Å². The first-order chi connectivity index (χ1) is 13.2. The fourth-order valence-corrected chi connectivity index (χ4v) is 3.27. The summed E-state index contributed by atoms with van der Waals surface area (Å²) in [7, 11) is 0. The second-order valence-electron chi connectivity index (χ2n) is 6.40. The van der Waals surface area contributed by atoms with Gasteiger partial charge in [-0.15, -0.1) is 0 Å². The molecule has 0 unspecified atom stereocenters. The van der Waals surface area contributed by atoms with Crippen molar-refractivity contribution >= 4 is 17.4 Å². The average molecular weight is 369 g/mol. The predicted molar refractivity (Wildman–Crippen MR) is 107 cm³/mol. The highest BCUT2D eigenvalue weighted by atomic mass is 16.5. The number of amides is 1. The lowest BCUT2D eigenvalue weighted by Gasteiger charge is -2.29. The molecule has 1 aliphatic rings. The third-order valence-corrected chi connectivity index (χ3v) is 4.50. The van der Waals surface area contributed by atoms with Crippen molar-refractivity contribution in [3.05, 3.63) is 42.1 Å². The Bertz CT molecular complexity index is 773. The molecule has 0 saturated carbocycles. The summed E-state index contributed by atoms with van der Waals surface area (Å²) in [5.41, 5.74) is 1.17. The van der Waals surface area contributed by atoms with E-state index in [0.29, 0.717) is 36.0 Å². The second kappa shape index (κ2) is 9.26. The first kappa shape index (κ1) is 19.0. The Kier molecular flexibility index (Phi) is 6.52. The third-order valence-electron chi connectivity index (χ3n) is 4.50. The lowest BCUT2D eigenvalue weighted by atomic mass is 10.1. The zero-order valence-electron chi connectivity index (χ0n) is 16.0. The molecule has 6 heteroatoms. The van der Waals surface area contributed by atoms with Crippen molar-refractivity contribution in [2.75, 3.05) is 36.5 Å². The third kappa shape index (κ3) is 4.70. The highest BCUT2D eigenvalue weighted by molar-refractivity contribution is 6.08. The molecule has 1 aliphatic heterocycles. The number of ether oxygens (including phenoxy) is 2. The molecule has 1 saturated heterocycles. The lowest BCUT2D eigenvalue weighted by molar-refractivity contribution is 0.102. The summed E-state index contributed by atoms with van der Waals surface area (Å²) in [6, 6.07) is 9.07. The van der Waals surface area contributed by atoms with Crippen LogP contribution in [0, 0.1) is 0 Å². The Morgan fingerprint density at radius 1 is 1.11 bits per heavy atom. The molecule has 0 spiro atoms. The summed E-state index contributed by atoms with van der Waals surface area (Å²) in [5, 5.41) is 2.98. The van der Waals surface area contributed by atoms with Crippen molar-refractivity contribution < 1.29 is 14.3 Å². The van der Waals surface area contributed by atoms with E-state index in [4.69, 9.17) is 9.47 Å². The fourth-order valence-electron chi connectivity index (χ4n) is 3.27. The monoisotopic (exact) mass is 369 g/mol. The number of benzene rings is 1. The molecule has 0 bridgehead atoms. The summed E-state index contributed by atoms with van der Waals surface area (Å²) < 4.78 is 11.2. The molecule has 0 aliphatic carbocycles. The maximum atomic E-state index is 13.0. The van der Waals surface area contributed by atoms with Gasteiger partial charge in [-0.2, -0.15) is 0 Å². The van der Waals surface area contributed by atoms with Crippen LogP contribution in [-0.2, 0) is 0 Å². The smallest absolute Gasteiger partial charge is 0.259 e. The number of carbonyl (C=O) groups is 1. The highest BCUT2D eigenvalue weighted by Crippen LogP contribution is 2.31. The molecule has 144 valence electrons. The van der Waals surface area contributed by atoms with Crippen LogP contribution in [0.1, 0.15) is 43.5 Å². The normalized spacial score (nSPS) is 13.9. The molecular formula is C21H27N3O3. The van der Waals surface area contributed by atoms with Crippen molar-refractivity contribution in [2.24, 2.45) is 0 Å².